The Hall–Kier alpha value is -1.89. The fourth-order valence-corrected chi connectivity index (χ4v) is 2.21. The normalized spacial score (nSPS) is 10.5. The first-order valence-corrected chi connectivity index (χ1v) is 6.12. The molecule has 0 aliphatic heterocycles. The Balaban J connectivity index is 2.19. The van der Waals surface area contributed by atoms with Gasteiger partial charge >= 0.3 is 5.97 Å². The van der Waals surface area contributed by atoms with Gasteiger partial charge in [0, 0.05) is 7.05 Å². The quantitative estimate of drug-likeness (QED) is 0.936. The molecule has 0 atom stereocenters. The van der Waals surface area contributed by atoms with Crippen molar-refractivity contribution < 1.29 is 19.0 Å². The highest BCUT2D eigenvalue weighted by Gasteiger charge is 2.20. The van der Waals surface area contributed by atoms with E-state index < -0.39 is 11.8 Å². The van der Waals surface area contributed by atoms with Gasteiger partial charge in [-0.2, -0.15) is 5.10 Å². The number of carboxylic acid groups (broad SMARTS) is 1. The number of aromatic nitrogens is 2. The maximum Gasteiger partial charge on any atom is 0.355 e. The summed E-state index contributed by atoms with van der Waals surface area (Å²) in [4.78, 5) is 11.0. The number of carbonyl (C=O) groups is 1. The number of aryl methyl sites for hydroxylation is 1. The van der Waals surface area contributed by atoms with Gasteiger partial charge in [-0.05, 0) is 28.1 Å². The van der Waals surface area contributed by atoms with Crippen molar-refractivity contribution in [2.75, 3.05) is 0 Å². The van der Waals surface area contributed by atoms with E-state index in [2.05, 4.69) is 21.0 Å². The van der Waals surface area contributed by atoms with E-state index in [0.29, 0.717) is 10.2 Å². The standard InChI is InChI=1S/C12H10BrFN2O3/c1-16-11(12(17)18)10(13)8(15-16)6-19-9-5-3-2-4-7(9)14/h2-5H,6H2,1H3,(H,17,18). The van der Waals surface area contributed by atoms with Crippen LogP contribution in [0.2, 0.25) is 0 Å². The number of hydrogen-bond donors (Lipinski definition) is 1. The van der Waals surface area contributed by atoms with Gasteiger partial charge in [0.1, 0.15) is 12.3 Å². The van der Waals surface area contributed by atoms with Gasteiger partial charge in [0.2, 0.25) is 0 Å². The van der Waals surface area contributed by atoms with Crippen LogP contribution in [0.3, 0.4) is 0 Å². The zero-order valence-electron chi connectivity index (χ0n) is 9.93. The number of aromatic carboxylic acids is 1. The Morgan fingerprint density at radius 1 is 1.53 bits per heavy atom. The van der Waals surface area contributed by atoms with Crippen molar-refractivity contribution in [2.24, 2.45) is 7.05 Å². The van der Waals surface area contributed by atoms with Crippen LogP contribution in [-0.4, -0.2) is 20.9 Å². The van der Waals surface area contributed by atoms with Gasteiger partial charge in [-0.3, -0.25) is 4.68 Å². The Morgan fingerprint density at radius 2 is 2.21 bits per heavy atom. The van der Waals surface area contributed by atoms with Gasteiger partial charge < -0.3 is 9.84 Å². The van der Waals surface area contributed by atoms with Crippen LogP contribution in [0, 0.1) is 5.82 Å². The van der Waals surface area contributed by atoms with Crippen LogP contribution in [-0.2, 0) is 13.7 Å². The molecule has 0 radical (unpaired) electrons. The van der Waals surface area contributed by atoms with Crippen LogP contribution in [0.1, 0.15) is 16.2 Å². The molecular formula is C12H10BrFN2O3. The summed E-state index contributed by atoms with van der Waals surface area (Å²) in [6.07, 6.45) is 0. The van der Waals surface area contributed by atoms with Crippen molar-refractivity contribution in [3.63, 3.8) is 0 Å². The molecule has 0 aliphatic rings. The van der Waals surface area contributed by atoms with Crippen LogP contribution in [0.25, 0.3) is 0 Å². The number of halogens is 2. The molecule has 0 saturated heterocycles. The number of para-hydroxylation sites is 1. The van der Waals surface area contributed by atoms with Crippen molar-refractivity contribution in [2.45, 2.75) is 6.61 Å². The lowest BCUT2D eigenvalue weighted by Crippen LogP contribution is -2.05. The molecule has 2 rings (SSSR count). The van der Waals surface area contributed by atoms with Crippen molar-refractivity contribution in [3.8, 4) is 5.75 Å². The minimum absolute atomic E-state index is 0.0205. The van der Waals surface area contributed by atoms with Gasteiger partial charge in [-0.25, -0.2) is 9.18 Å². The van der Waals surface area contributed by atoms with E-state index in [-0.39, 0.29) is 18.1 Å². The lowest BCUT2D eigenvalue weighted by Gasteiger charge is -2.05. The van der Waals surface area contributed by atoms with E-state index in [1.165, 1.54) is 23.9 Å². The Labute approximate surface area is 116 Å². The molecule has 19 heavy (non-hydrogen) atoms. The number of ether oxygens (including phenoxy) is 1. The maximum absolute atomic E-state index is 13.3. The Bertz CT molecular complexity index is 627. The molecule has 2 aromatic rings. The SMILES string of the molecule is Cn1nc(COc2ccccc2F)c(Br)c1C(=O)O. The molecule has 1 aromatic heterocycles. The monoisotopic (exact) mass is 328 g/mol. The lowest BCUT2D eigenvalue weighted by atomic mass is 10.3. The smallest absolute Gasteiger partial charge is 0.355 e. The van der Waals surface area contributed by atoms with E-state index in [1.807, 2.05) is 0 Å². The van der Waals surface area contributed by atoms with Crippen LogP contribution in [0.15, 0.2) is 28.7 Å². The fraction of sp³-hybridized carbons (Fsp3) is 0.167. The summed E-state index contributed by atoms with van der Waals surface area (Å²) in [5.41, 5.74) is 0.412. The van der Waals surface area contributed by atoms with Gasteiger partial charge in [0.15, 0.2) is 17.3 Å². The molecule has 0 spiro atoms. The average molecular weight is 329 g/mol. The molecule has 7 heteroatoms. The summed E-state index contributed by atoms with van der Waals surface area (Å²) in [5.74, 6) is -1.48. The second-order valence-corrected chi connectivity index (χ2v) is 4.55. The largest absolute Gasteiger partial charge is 0.484 e. The summed E-state index contributed by atoms with van der Waals surface area (Å²) in [6, 6.07) is 5.98. The second-order valence-electron chi connectivity index (χ2n) is 3.76. The van der Waals surface area contributed by atoms with Gasteiger partial charge in [0.25, 0.3) is 0 Å². The van der Waals surface area contributed by atoms with E-state index >= 15 is 0 Å². The summed E-state index contributed by atoms with van der Waals surface area (Å²) < 4.78 is 20.2. The van der Waals surface area contributed by atoms with E-state index in [4.69, 9.17) is 9.84 Å². The van der Waals surface area contributed by atoms with Crippen molar-refractivity contribution >= 4 is 21.9 Å². The van der Waals surface area contributed by atoms with Crippen LogP contribution in [0.4, 0.5) is 4.39 Å². The molecule has 0 amide bonds. The van der Waals surface area contributed by atoms with Gasteiger partial charge in [-0.1, -0.05) is 12.1 Å². The predicted molar refractivity (Wildman–Crippen MR) is 68.6 cm³/mol. The summed E-state index contributed by atoms with van der Waals surface area (Å²) in [6.45, 7) is -0.0252. The highest BCUT2D eigenvalue weighted by atomic mass is 79.9. The minimum atomic E-state index is -1.10. The minimum Gasteiger partial charge on any atom is -0.484 e. The number of rotatable bonds is 4. The van der Waals surface area contributed by atoms with Crippen molar-refractivity contribution in [3.05, 3.63) is 45.9 Å². The average Bonchev–Trinajstić information content (AvgIpc) is 2.63. The topological polar surface area (TPSA) is 64.4 Å². The molecule has 5 nitrogen and oxygen atoms in total. The Kier molecular flexibility index (Phi) is 3.84. The molecule has 100 valence electrons. The van der Waals surface area contributed by atoms with E-state index in [0.717, 1.165) is 0 Å². The molecule has 0 saturated carbocycles. The van der Waals surface area contributed by atoms with Gasteiger partial charge in [-0.15, -0.1) is 0 Å². The summed E-state index contributed by atoms with van der Waals surface area (Å²) in [7, 11) is 1.51. The molecule has 1 heterocycles. The Morgan fingerprint density at radius 3 is 2.79 bits per heavy atom. The fourth-order valence-electron chi connectivity index (χ4n) is 1.59. The van der Waals surface area contributed by atoms with Crippen molar-refractivity contribution in [1.29, 1.82) is 0 Å². The first-order valence-electron chi connectivity index (χ1n) is 5.32. The summed E-state index contributed by atoms with van der Waals surface area (Å²) in [5, 5.41) is 13.0. The highest BCUT2D eigenvalue weighted by molar-refractivity contribution is 9.10. The molecular weight excluding hydrogens is 319 g/mol. The molecule has 0 bridgehead atoms. The second kappa shape index (κ2) is 5.40. The molecule has 1 N–H and O–H groups in total. The molecule has 0 aliphatic carbocycles. The zero-order chi connectivity index (χ0) is 14.0. The number of hydrogen-bond acceptors (Lipinski definition) is 3. The first-order chi connectivity index (χ1) is 9.00. The summed E-state index contributed by atoms with van der Waals surface area (Å²) >= 11 is 3.16. The highest BCUT2D eigenvalue weighted by Crippen LogP contribution is 2.23. The maximum atomic E-state index is 13.3. The first kappa shape index (κ1) is 13.5. The third kappa shape index (κ3) is 2.76. The predicted octanol–water partition coefficient (Wildman–Crippen LogP) is 2.60. The van der Waals surface area contributed by atoms with Crippen LogP contribution < -0.4 is 4.74 Å². The number of nitrogens with zero attached hydrogens (tertiary/aromatic N) is 2. The van der Waals surface area contributed by atoms with Crippen LogP contribution >= 0.6 is 15.9 Å². The lowest BCUT2D eigenvalue weighted by molar-refractivity contribution is 0.0684. The van der Waals surface area contributed by atoms with Crippen LogP contribution in [0.5, 0.6) is 5.75 Å². The molecule has 0 fully saturated rings. The number of benzene rings is 1. The molecule has 1 aromatic carbocycles. The zero-order valence-corrected chi connectivity index (χ0v) is 11.5. The number of carboxylic acids is 1. The third-order valence-electron chi connectivity index (χ3n) is 2.46. The van der Waals surface area contributed by atoms with E-state index in [1.54, 1.807) is 12.1 Å². The van der Waals surface area contributed by atoms with Gasteiger partial charge in [0.05, 0.1) is 4.47 Å². The van der Waals surface area contributed by atoms with E-state index in [9.17, 15) is 9.18 Å². The molecule has 0 unspecified atom stereocenters. The van der Waals surface area contributed by atoms with Crippen molar-refractivity contribution in [1.82, 2.24) is 9.78 Å². The third-order valence-corrected chi connectivity index (χ3v) is 3.29.